The molecule has 0 unspecified atom stereocenters. The third-order valence-electron chi connectivity index (χ3n) is 5.69. The van der Waals surface area contributed by atoms with Gasteiger partial charge in [0.25, 0.3) is 5.56 Å². The summed E-state index contributed by atoms with van der Waals surface area (Å²) in [6.07, 6.45) is 1.69. The molecule has 2 aromatic heterocycles. The third-order valence-corrected chi connectivity index (χ3v) is 5.69. The largest absolute Gasteiger partial charge is 0.350 e. The molecule has 0 fully saturated rings. The topological polar surface area (TPSA) is 68.9 Å². The van der Waals surface area contributed by atoms with E-state index in [0.717, 1.165) is 27.9 Å². The molecule has 2 aromatic carbocycles. The van der Waals surface area contributed by atoms with Crippen molar-refractivity contribution in [2.75, 3.05) is 0 Å². The molecule has 158 valence electrons. The van der Waals surface area contributed by atoms with Crippen molar-refractivity contribution in [3.8, 4) is 0 Å². The van der Waals surface area contributed by atoms with Crippen LogP contribution < -0.4 is 10.9 Å². The van der Waals surface area contributed by atoms with Crippen molar-refractivity contribution in [3.63, 3.8) is 0 Å². The molecule has 1 N–H and O–H groups in total. The number of hydrogen-bond acceptors (Lipinski definition) is 3. The molecule has 0 atom stereocenters. The summed E-state index contributed by atoms with van der Waals surface area (Å²) in [5.41, 5.74) is 4.99. The van der Waals surface area contributed by atoms with Gasteiger partial charge in [0.1, 0.15) is 6.54 Å². The molecule has 0 saturated carbocycles. The van der Waals surface area contributed by atoms with E-state index in [0.29, 0.717) is 18.5 Å². The zero-order valence-corrected chi connectivity index (χ0v) is 18.1. The van der Waals surface area contributed by atoms with E-state index in [1.54, 1.807) is 6.20 Å². The standard InChI is InChI=1S/C25H26N4O2/c1-17-9-11-20(12-10-17)13-26-23(30)16-29-25(31)24-19(3)28(18(2)22(24)14-27-29)15-21-7-5-4-6-8-21/h4-12,14H,13,15-16H2,1-3H3,(H,26,30). The Balaban J connectivity index is 1.56. The highest BCUT2D eigenvalue weighted by Gasteiger charge is 2.17. The fourth-order valence-electron chi connectivity index (χ4n) is 3.86. The number of rotatable bonds is 6. The van der Waals surface area contributed by atoms with Crippen LogP contribution in [0.15, 0.2) is 65.6 Å². The second kappa shape index (κ2) is 8.60. The number of aromatic nitrogens is 3. The van der Waals surface area contributed by atoms with Gasteiger partial charge in [0.2, 0.25) is 5.91 Å². The summed E-state index contributed by atoms with van der Waals surface area (Å²) in [6.45, 7) is 6.96. The Morgan fingerprint density at radius 3 is 2.35 bits per heavy atom. The fourth-order valence-corrected chi connectivity index (χ4v) is 3.86. The number of carbonyl (C=O) groups is 1. The predicted molar refractivity (Wildman–Crippen MR) is 122 cm³/mol. The first-order valence-electron chi connectivity index (χ1n) is 10.4. The normalized spacial score (nSPS) is 11.1. The Hall–Kier alpha value is -3.67. The number of aryl methyl sites for hydroxylation is 3. The van der Waals surface area contributed by atoms with Crippen LogP contribution in [-0.4, -0.2) is 20.3 Å². The van der Waals surface area contributed by atoms with Crippen LogP contribution in [0.25, 0.3) is 10.8 Å². The number of nitrogens with zero attached hydrogens (tertiary/aromatic N) is 3. The Kier molecular flexibility index (Phi) is 5.71. The van der Waals surface area contributed by atoms with Crippen LogP contribution in [0.3, 0.4) is 0 Å². The highest BCUT2D eigenvalue weighted by molar-refractivity contribution is 5.87. The van der Waals surface area contributed by atoms with Crippen LogP contribution in [0, 0.1) is 20.8 Å². The molecule has 0 bridgehead atoms. The lowest BCUT2D eigenvalue weighted by atomic mass is 10.1. The molecule has 1 amide bonds. The van der Waals surface area contributed by atoms with Crippen LogP contribution in [0.2, 0.25) is 0 Å². The van der Waals surface area contributed by atoms with E-state index >= 15 is 0 Å². The van der Waals surface area contributed by atoms with Gasteiger partial charge >= 0.3 is 0 Å². The molecule has 0 aliphatic rings. The van der Waals surface area contributed by atoms with Crippen LogP contribution >= 0.6 is 0 Å². The quantitative estimate of drug-likeness (QED) is 0.525. The lowest BCUT2D eigenvalue weighted by Gasteiger charge is -2.09. The molecule has 0 spiro atoms. The molecule has 0 radical (unpaired) electrons. The minimum Gasteiger partial charge on any atom is -0.350 e. The maximum atomic E-state index is 13.1. The molecule has 6 heteroatoms. The monoisotopic (exact) mass is 414 g/mol. The van der Waals surface area contributed by atoms with Gasteiger partial charge in [-0.25, -0.2) is 4.68 Å². The van der Waals surface area contributed by atoms with E-state index in [1.807, 2.05) is 63.2 Å². The SMILES string of the molecule is Cc1ccc(CNC(=O)Cn2ncc3c(C)n(Cc4ccccc4)c(C)c3c2=O)cc1. The molecule has 6 nitrogen and oxygen atoms in total. The number of benzene rings is 2. The Morgan fingerprint density at radius 1 is 0.935 bits per heavy atom. The van der Waals surface area contributed by atoms with Crippen molar-refractivity contribution in [1.82, 2.24) is 19.7 Å². The van der Waals surface area contributed by atoms with E-state index in [4.69, 9.17) is 0 Å². The fraction of sp³-hybridized carbons (Fsp3) is 0.240. The molecular weight excluding hydrogens is 388 g/mol. The van der Waals surface area contributed by atoms with E-state index in [1.165, 1.54) is 10.2 Å². The zero-order chi connectivity index (χ0) is 22.0. The van der Waals surface area contributed by atoms with Crippen LogP contribution in [0.5, 0.6) is 0 Å². The van der Waals surface area contributed by atoms with E-state index in [2.05, 4.69) is 27.1 Å². The Labute approximate surface area is 181 Å². The average Bonchev–Trinajstić information content (AvgIpc) is 3.01. The van der Waals surface area contributed by atoms with Gasteiger partial charge in [0, 0.05) is 29.9 Å². The molecule has 0 saturated heterocycles. The van der Waals surface area contributed by atoms with Gasteiger partial charge in [-0.1, -0.05) is 60.2 Å². The number of fused-ring (bicyclic) bond motifs is 1. The summed E-state index contributed by atoms with van der Waals surface area (Å²) in [4.78, 5) is 25.5. The van der Waals surface area contributed by atoms with Gasteiger partial charge in [-0.2, -0.15) is 5.10 Å². The van der Waals surface area contributed by atoms with Crippen molar-refractivity contribution < 1.29 is 4.79 Å². The highest BCUT2D eigenvalue weighted by Crippen LogP contribution is 2.23. The first kappa shape index (κ1) is 20.6. The predicted octanol–water partition coefficient (Wildman–Crippen LogP) is 3.49. The summed E-state index contributed by atoms with van der Waals surface area (Å²) in [6, 6.07) is 18.1. The molecule has 2 heterocycles. The van der Waals surface area contributed by atoms with Crippen LogP contribution in [0.4, 0.5) is 0 Å². The van der Waals surface area contributed by atoms with Crippen molar-refractivity contribution in [2.24, 2.45) is 0 Å². The number of hydrogen-bond donors (Lipinski definition) is 1. The van der Waals surface area contributed by atoms with E-state index in [-0.39, 0.29) is 18.0 Å². The van der Waals surface area contributed by atoms with Crippen molar-refractivity contribution in [3.05, 3.63) is 99.2 Å². The average molecular weight is 415 g/mol. The summed E-state index contributed by atoms with van der Waals surface area (Å²) in [5, 5.41) is 8.58. The number of carbonyl (C=O) groups excluding carboxylic acids is 1. The Morgan fingerprint density at radius 2 is 1.65 bits per heavy atom. The van der Waals surface area contributed by atoms with E-state index in [9.17, 15) is 9.59 Å². The molecule has 4 aromatic rings. The maximum absolute atomic E-state index is 13.1. The number of amides is 1. The van der Waals surface area contributed by atoms with Gasteiger partial charge < -0.3 is 9.88 Å². The molecular formula is C25H26N4O2. The summed E-state index contributed by atoms with van der Waals surface area (Å²) in [5.74, 6) is -0.243. The highest BCUT2D eigenvalue weighted by atomic mass is 16.2. The van der Waals surface area contributed by atoms with Crippen LogP contribution in [0.1, 0.15) is 28.1 Å². The summed E-state index contributed by atoms with van der Waals surface area (Å²) in [7, 11) is 0. The van der Waals surface area contributed by atoms with Gasteiger partial charge in [0.15, 0.2) is 0 Å². The first-order valence-corrected chi connectivity index (χ1v) is 10.4. The number of nitrogens with one attached hydrogen (secondary N) is 1. The smallest absolute Gasteiger partial charge is 0.276 e. The second-order valence-corrected chi connectivity index (χ2v) is 7.90. The lowest BCUT2D eigenvalue weighted by Crippen LogP contribution is -2.33. The third kappa shape index (κ3) is 4.28. The lowest BCUT2D eigenvalue weighted by molar-refractivity contribution is -0.122. The van der Waals surface area contributed by atoms with E-state index < -0.39 is 0 Å². The van der Waals surface area contributed by atoms with Gasteiger partial charge in [-0.05, 0) is 31.9 Å². The van der Waals surface area contributed by atoms with Crippen molar-refractivity contribution in [2.45, 2.75) is 40.4 Å². The van der Waals surface area contributed by atoms with Crippen molar-refractivity contribution >= 4 is 16.7 Å². The maximum Gasteiger partial charge on any atom is 0.276 e. The zero-order valence-electron chi connectivity index (χ0n) is 18.1. The van der Waals surface area contributed by atoms with Gasteiger partial charge in [-0.15, -0.1) is 0 Å². The second-order valence-electron chi connectivity index (χ2n) is 7.90. The van der Waals surface area contributed by atoms with Crippen molar-refractivity contribution in [1.29, 1.82) is 0 Å². The minimum absolute atomic E-state index is 0.108. The first-order chi connectivity index (χ1) is 14.9. The molecule has 31 heavy (non-hydrogen) atoms. The summed E-state index contributed by atoms with van der Waals surface area (Å²) < 4.78 is 3.37. The summed E-state index contributed by atoms with van der Waals surface area (Å²) >= 11 is 0. The molecule has 0 aliphatic heterocycles. The molecule has 4 rings (SSSR count). The minimum atomic E-state index is -0.243. The van der Waals surface area contributed by atoms with Gasteiger partial charge in [0.05, 0.1) is 11.6 Å². The van der Waals surface area contributed by atoms with Crippen LogP contribution in [-0.2, 0) is 24.4 Å². The Bertz CT molecular complexity index is 1290. The van der Waals surface area contributed by atoms with Gasteiger partial charge in [-0.3, -0.25) is 9.59 Å². The molecule has 0 aliphatic carbocycles.